The first-order valence-corrected chi connectivity index (χ1v) is 6.48. The third-order valence-corrected chi connectivity index (χ3v) is 3.18. The highest BCUT2D eigenvalue weighted by Crippen LogP contribution is 2.19. The molecule has 0 aliphatic carbocycles. The van der Waals surface area contributed by atoms with Crippen molar-refractivity contribution in [2.75, 3.05) is 17.6 Å². The van der Waals surface area contributed by atoms with E-state index in [2.05, 4.69) is 33.4 Å². The van der Waals surface area contributed by atoms with Gasteiger partial charge < -0.3 is 11.1 Å². The van der Waals surface area contributed by atoms with Gasteiger partial charge in [-0.1, -0.05) is 28.1 Å². The van der Waals surface area contributed by atoms with E-state index < -0.39 is 0 Å². The molecule has 0 saturated heterocycles. The van der Waals surface area contributed by atoms with Crippen LogP contribution in [0.5, 0.6) is 0 Å². The summed E-state index contributed by atoms with van der Waals surface area (Å²) in [5.41, 5.74) is 8.16. The fourth-order valence-corrected chi connectivity index (χ4v) is 1.95. The van der Waals surface area contributed by atoms with E-state index in [0.29, 0.717) is 5.69 Å². The van der Waals surface area contributed by atoms with E-state index in [1.165, 1.54) is 17.7 Å². The molecule has 0 amide bonds. The zero-order chi connectivity index (χ0) is 13.0. The third-order valence-electron chi connectivity index (χ3n) is 2.66. The summed E-state index contributed by atoms with van der Waals surface area (Å²) in [5.74, 6) is -0.314. The van der Waals surface area contributed by atoms with Crippen LogP contribution in [0.2, 0.25) is 0 Å². The van der Waals surface area contributed by atoms with Gasteiger partial charge in [-0.25, -0.2) is 4.39 Å². The van der Waals surface area contributed by atoms with Crippen molar-refractivity contribution in [1.29, 1.82) is 0 Å². The number of benzene rings is 2. The van der Waals surface area contributed by atoms with E-state index in [1.54, 1.807) is 6.07 Å². The Morgan fingerprint density at radius 2 is 1.83 bits per heavy atom. The molecule has 3 N–H and O–H groups in total. The lowest BCUT2D eigenvalue weighted by Gasteiger charge is -2.09. The molecular formula is C14H14BrFN2. The van der Waals surface area contributed by atoms with Crippen LogP contribution in [-0.4, -0.2) is 6.54 Å². The molecular weight excluding hydrogens is 295 g/mol. The Morgan fingerprint density at radius 1 is 1.11 bits per heavy atom. The Kier molecular flexibility index (Phi) is 4.20. The number of nitrogens with one attached hydrogen (secondary N) is 1. The minimum atomic E-state index is -0.314. The average Bonchev–Trinajstić information content (AvgIpc) is 2.34. The Hall–Kier alpha value is -1.55. The van der Waals surface area contributed by atoms with Crippen molar-refractivity contribution >= 4 is 27.3 Å². The number of hydrogen-bond donors (Lipinski definition) is 2. The summed E-state index contributed by atoms with van der Waals surface area (Å²) in [6, 6.07) is 12.6. The molecule has 0 bridgehead atoms. The van der Waals surface area contributed by atoms with E-state index in [4.69, 9.17) is 5.73 Å². The van der Waals surface area contributed by atoms with E-state index in [-0.39, 0.29) is 5.82 Å². The fourth-order valence-electron chi connectivity index (χ4n) is 1.69. The van der Waals surface area contributed by atoms with Crippen LogP contribution in [-0.2, 0) is 6.42 Å². The van der Waals surface area contributed by atoms with Gasteiger partial charge in [0.25, 0.3) is 0 Å². The molecule has 0 aliphatic heterocycles. The smallest absolute Gasteiger partial charge is 0.125 e. The number of rotatable bonds is 4. The molecule has 2 rings (SSSR count). The molecule has 0 aromatic heterocycles. The van der Waals surface area contributed by atoms with Crippen molar-refractivity contribution in [3.8, 4) is 0 Å². The van der Waals surface area contributed by atoms with Gasteiger partial charge in [-0.05, 0) is 42.3 Å². The van der Waals surface area contributed by atoms with Crippen LogP contribution in [0.4, 0.5) is 15.8 Å². The quantitative estimate of drug-likeness (QED) is 0.843. The summed E-state index contributed by atoms with van der Waals surface area (Å²) in [5, 5.41) is 3.20. The number of nitrogens with two attached hydrogens (primary N) is 1. The second-order valence-corrected chi connectivity index (χ2v) is 4.95. The summed E-state index contributed by atoms with van der Waals surface area (Å²) in [6.45, 7) is 0.761. The SMILES string of the molecule is Nc1cc(F)ccc1NCCc1ccc(Br)cc1. The van der Waals surface area contributed by atoms with Crippen LogP contribution in [0.3, 0.4) is 0 Å². The highest BCUT2D eigenvalue weighted by molar-refractivity contribution is 9.10. The largest absolute Gasteiger partial charge is 0.397 e. The van der Waals surface area contributed by atoms with E-state index in [0.717, 1.165) is 23.1 Å². The first-order chi connectivity index (χ1) is 8.65. The maximum absolute atomic E-state index is 12.9. The van der Waals surface area contributed by atoms with Crippen LogP contribution in [0.1, 0.15) is 5.56 Å². The lowest BCUT2D eigenvalue weighted by atomic mass is 10.1. The molecule has 94 valence electrons. The van der Waals surface area contributed by atoms with Gasteiger partial charge in [0.05, 0.1) is 11.4 Å². The van der Waals surface area contributed by atoms with E-state index in [1.807, 2.05) is 12.1 Å². The topological polar surface area (TPSA) is 38.0 Å². The molecule has 0 saturated carbocycles. The van der Waals surface area contributed by atoms with Crippen molar-refractivity contribution in [2.45, 2.75) is 6.42 Å². The first-order valence-electron chi connectivity index (χ1n) is 5.68. The lowest BCUT2D eigenvalue weighted by Crippen LogP contribution is -2.07. The summed E-state index contributed by atoms with van der Waals surface area (Å²) in [4.78, 5) is 0. The highest BCUT2D eigenvalue weighted by atomic mass is 79.9. The summed E-state index contributed by atoms with van der Waals surface area (Å²) >= 11 is 3.40. The lowest BCUT2D eigenvalue weighted by molar-refractivity contribution is 0.628. The van der Waals surface area contributed by atoms with Crippen molar-refractivity contribution in [3.05, 3.63) is 58.3 Å². The molecule has 0 radical (unpaired) electrons. The summed E-state index contributed by atoms with van der Waals surface area (Å²) < 4.78 is 13.9. The van der Waals surface area contributed by atoms with Gasteiger partial charge in [-0.3, -0.25) is 0 Å². The Bertz CT molecular complexity index is 526. The van der Waals surface area contributed by atoms with Gasteiger partial charge in [-0.2, -0.15) is 0 Å². The minimum Gasteiger partial charge on any atom is -0.397 e. The van der Waals surface area contributed by atoms with E-state index in [9.17, 15) is 4.39 Å². The van der Waals surface area contributed by atoms with Crippen LogP contribution in [0.15, 0.2) is 46.9 Å². The third kappa shape index (κ3) is 3.47. The molecule has 0 unspecified atom stereocenters. The van der Waals surface area contributed by atoms with Crippen molar-refractivity contribution < 1.29 is 4.39 Å². The van der Waals surface area contributed by atoms with Crippen LogP contribution < -0.4 is 11.1 Å². The second kappa shape index (κ2) is 5.87. The van der Waals surface area contributed by atoms with Gasteiger partial charge >= 0.3 is 0 Å². The van der Waals surface area contributed by atoms with Gasteiger partial charge in [0.1, 0.15) is 5.82 Å². The molecule has 0 heterocycles. The molecule has 4 heteroatoms. The summed E-state index contributed by atoms with van der Waals surface area (Å²) in [6.07, 6.45) is 0.893. The molecule has 2 nitrogen and oxygen atoms in total. The number of halogens is 2. The van der Waals surface area contributed by atoms with Crippen LogP contribution >= 0.6 is 15.9 Å². The summed E-state index contributed by atoms with van der Waals surface area (Å²) in [7, 11) is 0. The minimum absolute atomic E-state index is 0.314. The van der Waals surface area contributed by atoms with Crippen molar-refractivity contribution in [3.63, 3.8) is 0 Å². The van der Waals surface area contributed by atoms with Crippen LogP contribution in [0.25, 0.3) is 0 Å². The second-order valence-electron chi connectivity index (χ2n) is 4.03. The van der Waals surface area contributed by atoms with Crippen molar-refractivity contribution in [2.24, 2.45) is 0 Å². The van der Waals surface area contributed by atoms with Crippen LogP contribution in [0, 0.1) is 5.82 Å². The molecule has 0 fully saturated rings. The Labute approximate surface area is 114 Å². The number of hydrogen-bond acceptors (Lipinski definition) is 2. The van der Waals surface area contributed by atoms with Gasteiger partial charge in [0.15, 0.2) is 0 Å². The first kappa shape index (κ1) is 12.9. The fraction of sp³-hybridized carbons (Fsp3) is 0.143. The van der Waals surface area contributed by atoms with E-state index >= 15 is 0 Å². The van der Waals surface area contributed by atoms with Crippen molar-refractivity contribution in [1.82, 2.24) is 0 Å². The zero-order valence-electron chi connectivity index (χ0n) is 9.79. The molecule has 0 atom stereocenters. The average molecular weight is 309 g/mol. The number of anilines is 2. The Morgan fingerprint density at radius 3 is 2.50 bits per heavy atom. The molecule has 2 aromatic carbocycles. The monoisotopic (exact) mass is 308 g/mol. The van der Waals surface area contributed by atoms with Gasteiger partial charge in [-0.15, -0.1) is 0 Å². The Balaban J connectivity index is 1.90. The number of nitrogen functional groups attached to an aromatic ring is 1. The normalized spacial score (nSPS) is 10.3. The van der Waals surface area contributed by atoms with Gasteiger partial charge in [0, 0.05) is 11.0 Å². The maximum Gasteiger partial charge on any atom is 0.125 e. The molecule has 0 spiro atoms. The molecule has 18 heavy (non-hydrogen) atoms. The molecule has 0 aliphatic rings. The highest BCUT2D eigenvalue weighted by Gasteiger charge is 2.00. The van der Waals surface area contributed by atoms with Gasteiger partial charge in [0.2, 0.25) is 0 Å². The maximum atomic E-state index is 12.9. The predicted octanol–water partition coefficient (Wildman–Crippen LogP) is 3.83. The predicted molar refractivity (Wildman–Crippen MR) is 77.1 cm³/mol. The standard InChI is InChI=1S/C14H14BrFN2/c15-11-3-1-10(2-4-11)7-8-18-14-6-5-12(16)9-13(14)17/h1-6,9,18H,7-8,17H2. The zero-order valence-corrected chi connectivity index (χ0v) is 11.4. The molecule has 2 aromatic rings.